The molecule has 0 aliphatic carbocycles. The van der Waals surface area contributed by atoms with Gasteiger partial charge in [0.25, 0.3) is 0 Å². The summed E-state index contributed by atoms with van der Waals surface area (Å²) >= 11 is 5.99. The number of rotatable bonds is 5. The van der Waals surface area contributed by atoms with Gasteiger partial charge in [-0.15, -0.1) is 0 Å². The van der Waals surface area contributed by atoms with Crippen LogP contribution in [-0.2, 0) is 11.3 Å². The molecule has 0 aliphatic rings. The van der Waals surface area contributed by atoms with Crippen molar-refractivity contribution in [3.05, 3.63) is 70.1 Å². The fraction of sp³-hybridized carbons (Fsp3) is 0.318. The minimum Gasteiger partial charge on any atom is -0.481 e. The molecule has 5 heteroatoms. The summed E-state index contributed by atoms with van der Waals surface area (Å²) in [5.41, 5.74) is 2.81. The Labute approximate surface area is 163 Å². The van der Waals surface area contributed by atoms with E-state index in [1.54, 1.807) is 19.9 Å². The number of carboxylic acid groups (broad SMARTS) is 1. The number of fused-ring (bicyclic) bond motifs is 1. The molecule has 1 heterocycles. The lowest BCUT2D eigenvalue weighted by atomic mass is 9.77. The van der Waals surface area contributed by atoms with E-state index in [2.05, 4.69) is 4.57 Å². The van der Waals surface area contributed by atoms with Gasteiger partial charge in [-0.25, -0.2) is 4.39 Å². The minimum absolute atomic E-state index is 0.266. The third kappa shape index (κ3) is 3.46. The number of carboxylic acids is 1. The first-order valence-electron chi connectivity index (χ1n) is 8.89. The van der Waals surface area contributed by atoms with E-state index in [-0.39, 0.29) is 11.7 Å². The van der Waals surface area contributed by atoms with Crippen LogP contribution >= 0.6 is 11.6 Å². The summed E-state index contributed by atoms with van der Waals surface area (Å²) in [6.07, 6.45) is 0. The standard InChI is InChI=1S/C22H23ClFNO2/c1-13-18-11-17(24)9-10-19(18)25(12-15-5-7-16(23)8-6-15)20(13)14(2)22(3,4)21(26)27/h5-11,14H,12H2,1-4H3,(H,26,27). The average Bonchev–Trinajstić information content (AvgIpc) is 2.87. The van der Waals surface area contributed by atoms with Gasteiger partial charge in [-0.2, -0.15) is 0 Å². The van der Waals surface area contributed by atoms with Crippen molar-refractivity contribution in [2.24, 2.45) is 5.41 Å². The molecular formula is C22H23ClFNO2. The van der Waals surface area contributed by atoms with E-state index in [9.17, 15) is 14.3 Å². The van der Waals surface area contributed by atoms with Crippen molar-refractivity contribution >= 4 is 28.5 Å². The zero-order chi connectivity index (χ0) is 19.9. The zero-order valence-corrected chi connectivity index (χ0v) is 16.6. The molecule has 2 aromatic carbocycles. The van der Waals surface area contributed by atoms with E-state index in [0.29, 0.717) is 11.6 Å². The summed E-state index contributed by atoms with van der Waals surface area (Å²) in [6.45, 7) is 7.87. The van der Waals surface area contributed by atoms with E-state index >= 15 is 0 Å². The predicted molar refractivity (Wildman–Crippen MR) is 107 cm³/mol. The minimum atomic E-state index is -0.963. The highest BCUT2D eigenvalue weighted by atomic mass is 35.5. The Morgan fingerprint density at radius 1 is 1.22 bits per heavy atom. The molecule has 0 radical (unpaired) electrons. The van der Waals surface area contributed by atoms with Crippen LogP contribution in [-0.4, -0.2) is 15.6 Å². The molecule has 27 heavy (non-hydrogen) atoms. The Bertz CT molecular complexity index is 1010. The van der Waals surface area contributed by atoms with Crippen LogP contribution in [0.4, 0.5) is 4.39 Å². The molecule has 0 amide bonds. The number of halogens is 2. The van der Waals surface area contributed by atoms with Gasteiger partial charge in [0.05, 0.1) is 5.41 Å². The largest absolute Gasteiger partial charge is 0.481 e. The van der Waals surface area contributed by atoms with E-state index in [0.717, 1.165) is 27.7 Å². The Hall–Kier alpha value is -2.33. The maximum absolute atomic E-state index is 13.9. The van der Waals surface area contributed by atoms with Crippen molar-refractivity contribution in [3.63, 3.8) is 0 Å². The Morgan fingerprint density at radius 2 is 1.85 bits per heavy atom. The first-order valence-corrected chi connectivity index (χ1v) is 9.26. The maximum Gasteiger partial charge on any atom is 0.309 e. The number of hydrogen-bond donors (Lipinski definition) is 1. The third-order valence-electron chi connectivity index (χ3n) is 5.63. The fourth-order valence-electron chi connectivity index (χ4n) is 3.54. The molecule has 1 aromatic heterocycles. The van der Waals surface area contributed by atoms with Crippen molar-refractivity contribution in [1.29, 1.82) is 0 Å². The van der Waals surface area contributed by atoms with Crippen LogP contribution in [0.2, 0.25) is 5.02 Å². The number of aryl methyl sites for hydroxylation is 1. The highest BCUT2D eigenvalue weighted by molar-refractivity contribution is 6.30. The molecular weight excluding hydrogens is 365 g/mol. The SMILES string of the molecule is Cc1c(C(C)C(C)(C)C(=O)O)n(Cc2ccc(Cl)cc2)c2ccc(F)cc12. The fourth-order valence-corrected chi connectivity index (χ4v) is 3.67. The molecule has 0 saturated heterocycles. The number of carbonyl (C=O) groups is 1. The summed E-state index contributed by atoms with van der Waals surface area (Å²) in [7, 11) is 0. The molecule has 0 saturated carbocycles. The van der Waals surface area contributed by atoms with Crippen LogP contribution in [0.3, 0.4) is 0 Å². The highest BCUT2D eigenvalue weighted by Gasteiger charge is 2.37. The molecule has 3 rings (SSSR count). The summed E-state index contributed by atoms with van der Waals surface area (Å²) in [4.78, 5) is 11.8. The second-order valence-electron chi connectivity index (χ2n) is 7.63. The summed E-state index contributed by atoms with van der Waals surface area (Å²) in [6, 6.07) is 12.3. The predicted octanol–water partition coefficient (Wildman–Crippen LogP) is 6.00. The van der Waals surface area contributed by atoms with Gasteiger partial charge < -0.3 is 9.67 Å². The molecule has 1 unspecified atom stereocenters. The maximum atomic E-state index is 13.9. The normalized spacial score (nSPS) is 13.1. The Kier molecular flexibility index (Phi) is 5.04. The van der Waals surface area contributed by atoms with Crippen LogP contribution in [0.25, 0.3) is 10.9 Å². The number of hydrogen-bond acceptors (Lipinski definition) is 1. The molecule has 3 nitrogen and oxygen atoms in total. The third-order valence-corrected chi connectivity index (χ3v) is 5.88. The van der Waals surface area contributed by atoms with Gasteiger partial charge in [0.2, 0.25) is 0 Å². The number of benzene rings is 2. The van der Waals surface area contributed by atoms with Crippen molar-refractivity contribution in [2.75, 3.05) is 0 Å². The van der Waals surface area contributed by atoms with Crippen molar-refractivity contribution in [1.82, 2.24) is 4.57 Å². The molecule has 0 bridgehead atoms. The molecule has 0 aliphatic heterocycles. The van der Waals surface area contributed by atoms with E-state index in [1.807, 2.05) is 38.1 Å². The molecule has 1 N–H and O–H groups in total. The monoisotopic (exact) mass is 387 g/mol. The van der Waals surface area contributed by atoms with Crippen LogP contribution in [0.1, 0.15) is 43.5 Å². The Balaban J connectivity index is 2.23. The van der Waals surface area contributed by atoms with Gasteiger partial charge in [-0.05, 0) is 62.2 Å². The molecule has 0 fully saturated rings. The number of aromatic nitrogens is 1. The average molecular weight is 388 g/mol. The lowest BCUT2D eigenvalue weighted by molar-refractivity contribution is -0.148. The molecule has 3 aromatic rings. The van der Waals surface area contributed by atoms with Gasteiger partial charge in [0, 0.05) is 34.1 Å². The van der Waals surface area contributed by atoms with Crippen molar-refractivity contribution < 1.29 is 14.3 Å². The van der Waals surface area contributed by atoms with Gasteiger partial charge in [-0.3, -0.25) is 4.79 Å². The summed E-state index contributed by atoms with van der Waals surface area (Å²) in [5.74, 6) is -1.42. The quantitative estimate of drug-likeness (QED) is 0.583. The first kappa shape index (κ1) is 19.4. The van der Waals surface area contributed by atoms with Crippen molar-refractivity contribution in [2.45, 2.75) is 40.2 Å². The summed E-state index contributed by atoms with van der Waals surface area (Å²) < 4.78 is 16.0. The van der Waals surface area contributed by atoms with Crippen LogP contribution in [0, 0.1) is 18.2 Å². The molecule has 142 valence electrons. The lowest BCUT2D eigenvalue weighted by Gasteiger charge is -2.29. The van der Waals surface area contributed by atoms with Gasteiger partial charge in [0.1, 0.15) is 5.82 Å². The van der Waals surface area contributed by atoms with Crippen molar-refractivity contribution in [3.8, 4) is 0 Å². The molecule has 0 spiro atoms. The van der Waals surface area contributed by atoms with E-state index in [4.69, 9.17) is 11.6 Å². The van der Waals surface area contributed by atoms with Crippen LogP contribution < -0.4 is 0 Å². The second kappa shape index (κ2) is 7.01. The van der Waals surface area contributed by atoms with Gasteiger partial charge in [-0.1, -0.05) is 30.7 Å². The smallest absolute Gasteiger partial charge is 0.309 e. The Morgan fingerprint density at radius 3 is 2.44 bits per heavy atom. The number of nitrogens with zero attached hydrogens (tertiary/aromatic N) is 1. The number of aliphatic carboxylic acids is 1. The highest BCUT2D eigenvalue weighted by Crippen LogP contribution is 2.41. The van der Waals surface area contributed by atoms with E-state index in [1.165, 1.54) is 12.1 Å². The lowest BCUT2D eigenvalue weighted by Crippen LogP contribution is -2.31. The first-order chi connectivity index (χ1) is 12.6. The van der Waals surface area contributed by atoms with Gasteiger partial charge >= 0.3 is 5.97 Å². The van der Waals surface area contributed by atoms with Crippen LogP contribution in [0.5, 0.6) is 0 Å². The van der Waals surface area contributed by atoms with Crippen LogP contribution in [0.15, 0.2) is 42.5 Å². The van der Waals surface area contributed by atoms with Gasteiger partial charge in [0.15, 0.2) is 0 Å². The summed E-state index contributed by atoms with van der Waals surface area (Å²) in [5, 5.41) is 11.2. The molecule has 1 atom stereocenters. The zero-order valence-electron chi connectivity index (χ0n) is 15.9. The topological polar surface area (TPSA) is 42.2 Å². The second-order valence-corrected chi connectivity index (χ2v) is 8.07. The van der Waals surface area contributed by atoms with E-state index < -0.39 is 11.4 Å².